The zero-order chi connectivity index (χ0) is 66.6. The molecule has 4 aliphatic heterocycles. The van der Waals surface area contributed by atoms with Crippen molar-refractivity contribution in [3.8, 4) is 0 Å². The molecule has 4 aromatic rings. The molecule has 4 aromatic carbocycles. The summed E-state index contributed by atoms with van der Waals surface area (Å²) in [5.41, 5.74) is -0.351. The van der Waals surface area contributed by atoms with Gasteiger partial charge in [-0.3, -0.25) is 43.5 Å². The summed E-state index contributed by atoms with van der Waals surface area (Å²) in [4.78, 5) is 124. The fraction of sp³-hybridized carbons (Fsp3) is 0.522. The Morgan fingerprint density at radius 2 is 1.47 bits per heavy atom. The molecule has 8 rings (SSSR count). The van der Waals surface area contributed by atoms with Gasteiger partial charge in [0.05, 0.1) is 31.7 Å². The second-order valence-electron chi connectivity index (χ2n) is 26.7. The average molecular weight is 1270 g/mol. The first-order valence-corrected chi connectivity index (χ1v) is 31.0. The minimum Gasteiger partial charge on any atom is -0.444 e. The predicted molar refractivity (Wildman–Crippen MR) is 336 cm³/mol. The van der Waals surface area contributed by atoms with Crippen molar-refractivity contribution in [1.82, 2.24) is 35.1 Å². The van der Waals surface area contributed by atoms with E-state index in [0.717, 1.165) is 34.2 Å². The summed E-state index contributed by atoms with van der Waals surface area (Å²) in [6, 6.07) is 14.8. The van der Waals surface area contributed by atoms with Gasteiger partial charge in [0.1, 0.15) is 52.5 Å². The quantitative estimate of drug-likeness (QED) is 0.0743. The molecular formula is C67H87F3N10O11. The average Bonchev–Trinajstić information content (AvgIpc) is 1.62. The van der Waals surface area contributed by atoms with Crippen LogP contribution in [0.15, 0.2) is 78.9 Å². The molecule has 4 N–H and O–H groups in total. The number of rotatable bonds is 18. The highest BCUT2D eigenvalue weighted by Gasteiger charge is 2.49. The van der Waals surface area contributed by atoms with E-state index in [0.29, 0.717) is 69.0 Å². The van der Waals surface area contributed by atoms with E-state index >= 15 is 13.6 Å². The summed E-state index contributed by atoms with van der Waals surface area (Å²) in [7, 11) is 1.38. The summed E-state index contributed by atoms with van der Waals surface area (Å²) >= 11 is 0. The Morgan fingerprint density at radius 3 is 2.12 bits per heavy atom. The molecule has 2 saturated heterocycles. The number of nitrogens with one attached hydrogen (secondary N) is 4. The molecule has 0 unspecified atom stereocenters. The van der Waals surface area contributed by atoms with Crippen LogP contribution in [0, 0.1) is 23.4 Å². The lowest BCUT2D eigenvalue weighted by molar-refractivity contribution is -0.143. The number of para-hydroxylation sites is 1. The van der Waals surface area contributed by atoms with Crippen molar-refractivity contribution in [1.29, 1.82) is 0 Å². The summed E-state index contributed by atoms with van der Waals surface area (Å²) in [6.45, 7) is 23.2. The van der Waals surface area contributed by atoms with Crippen molar-refractivity contribution >= 4 is 64.7 Å². The van der Waals surface area contributed by atoms with Crippen molar-refractivity contribution in [2.75, 3.05) is 81.6 Å². The molecule has 4 heterocycles. The van der Waals surface area contributed by atoms with Crippen LogP contribution in [0.4, 0.5) is 39.8 Å². The number of nitrogens with zero attached hydrogens (tertiary/aromatic N) is 6. The van der Waals surface area contributed by atoms with Crippen LogP contribution in [0.1, 0.15) is 123 Å². The van der Waals surface area contributed by atoms with E-state index in [1.165, 1.54) is 43.1 Å². The van der Waals surface area contributed by atoms with Gasteiger partial charge in [0.25, 0.3) is 5.91 Å². The smallest absolute Gasteiger partial charge is 0.410 e. The van der Waals surface area contributed by atoms with Crippen LogP contribution in [0.2, 0.25) is 0 Å². The van der Waals surface area contributed by atoms with Gasteiger partial charge in [-0.05, 0) is 152 Å². The third-order valence-electron chi connectivity index (χ3n) is 17.4. The van der Waals surface area contributed by atoms with E-state index < -0.39 is 106 Å². The molecule has 0 radical (unpaired) electrons. The zero-order valence-electron chi connectivity index (χ0n) is 54.3. The molecule has 8 atom stereocenters. The maximum Gasteiger partial charge on any atom is 0.410 e. The van der Waals surface area contributed by atoms with Crippen LogP contribution < -0.4 is 26.2 Å². The van der Waals surface area contributed by atoms with Crippen LogP contribution in [0.25, 0.3) is 0 Å². The Hall–Kier alpha value is -8.09. The lowest BCUT2D eigenvalue weighted by atomic mass is 9.83. The van der Waals surface area contributed by atoms with Crippen molar-refractivity contribution in [3.05, 3.63) is 124 Å². The molecule has 8 amide bonds. The first kappa shape index (κ1) is 68.8. The lowest BCUT2D eigenvalue weighted by Gasteiger charge is -2.47. The molecule has 0 spiro atoms. The number of anilines is 3. The zero-order valence-corrected chi connectivity index (χ0v) is 54.3. The second kappa shape index (κ2) is 28.2. The first-order chi connectivity index (χ1) is 42.7. The third kappa shape index (κ3) is 16.3. The number of hydrogen-bond donors (Lipinski definition) is 4. The normalized spacial score (nSPS) is 21.2. The number of hydrogen-bond acceptors (Lipinski definition) is 13. The van der Waals surface area contributed by atoms with Crippen LogP contribution in [0.5, 0.6) is 0 Å². The summed E-state index contributed by atoms with van der Waals surface area (Å²) in [6.07, 6.45) is -0.447. The molecule has 21 nitrogen and oxygen atoms in total. The molecule has 492 valence electrons. The Morgan fingerprint density at radius 1 is 0.802 bits per heavy atom. The molecular weight excluding hydrogens is 1180 g/mol. The molecule has 0 aliphatic carbocycles. The van der Waals surface area contributed by atoms with Gasteiger partial charge in [-0.1, -0.05) is 56.7 Å². The Balaban J connectivity index is 1.02. The molecule has 0 saturated carbocycles. The fourth-order valence-electron chi connectivity index (χ4n) is 11.9. The molecule has 0 bridgehead atoms. The van der Waals surface area contributed by atoms with Crippen LogP contribution >= 0.6 is 0 Å². The molecule has 91 heavy (non-hydrogen) atoms. The highest BCUT2D eigenvalue weighted by molar-refractivity contribution is 6.05. The number of fused-ring (bicyclic) bond motifs is 2. The molecule has 24 heteroatoms. The van der Waals surface area contributed by atoms with E-state index in [9.17, 15) is 38.0 Å². The van der Waals surface area contributed by atoms with Gasteiger partial charge in [-0.25, -0.2) is 22.8 Å². The first-order valence-electron chi connectivity index (χ1n) is 31.0. The van der Waals surface area contributed by atoms with Crippen molar-refractivity contribution in [2.24, 2.45) is 5.92 Å². The number of halogens is 3. The van der Waals surface area contributed by atoms with Gasteiger partial charge in [0.15, 0.2) is 0 Å². The molecule has 0 aromatic heterocycles. The van der Waals surface area contributed by atoms with E-state index in [1.54, 1.807) is 75.6 Å². The van der Waals surface area contributed by atoms with Gasteiger partial charge >= 0.3 is 12.2 Å². The van der Waals surface area contributed by atoms with E-state index in [-0.39, 0.29) is 60.7 Å². The number of piperazine rings is 1. The molecule has 2 fully saturated rings. The van der Waals surface area contributed by atoms with Crippen molar-refractivity contribution < 1.29 is 65.7 Å². The highest BCUT2D eigenvalue weighted by Crippen LogP contribution is 2.43. The number of amides is 8. The Bertz CT molecular complexity index is 3380. The SMILES string of the molecule is CC[C@H](C)[C@H](NC(=O)[C@H](C)N(C)C(=O)OC(C)(C)C)C(=O)N1Cc2ccc(NC(=O)CNC(=O)[C@]3(C)CN(C(=O)CN4C[C@H](C)N(C(=O)OC(C)(C)C)C[C@@H]4CN4CCOC[C@H]4C)c4cc(Cc5ccc(F)cc5)ccc43)cc2[C@H]1C(=O)Nc1c(F)cccc1F. The minimum absolute atomic E-state index is 0.0592. The van der Waals surface area contributed by atoms with Gasteiger partial charge in [0, 0.05) is 75.8 Å². The highest BCUT2D eigenvalue weighted by atomic mass is 19.1. The van der Waals surface area contributed by atoms with Gasteiger partial charge in [-0.2, -0.15) is 0 Å². The van der Waals surface area contributed by atoms with E-state index in [4.69, 9.17) is 14.2 Å². The Labute approximate surface area is 530 Å². The summed E-state index contributed by atoms with van der Waals surface area (Å²) < 4.78 is 61.4. The maximum atomic E-state index is 15.2. The number of benzene rings is 4. The largest absolute Gasteiger partial charge is 0.444 e. The van der Waals surface area contributed by atoms with Crippen LogP contribution in [-0.2, 0) is 61.4 Å². The minimum atomic E-state index is -1.56. The fourth-order valence-corrected chi connectivity index (χ4v) is 11.9. The van der Waals surface area contributed by atoms with Gasteiger partial charge in [0.2, 0.25) is 29.5 Å². The van der Waals surface area contributed by atoms with E-state index in [1.807, 2.05) is 39.8 Å². The summed E-state index contributed by atoms with van der Waals surface area (Å²) in [5, 5.41) is 10.6. The number of likely N-dealkylation sites (N-methyl/N-ethyl adjacent to an activating group) is 1. The topological polar surface area (TPSA) is 232 Å². The van der Waals surface area contributed by atoms with Crippen LogP contribution in [0.3, 0.4) is 0 Å². The van der Waals surface area contributed by atoms with Gasteiger partial charge < -0.3 is 50.2 Å². The number of ether oxygens (including phenoxy) is 3. The number of carbonyl (C=O) groups excluding carboxylic acids is 8. The lowest BCUT2D eigenvalue weighted by Crippen LogP contribution is -2.64. The van der Waals surface area contributed by atoms with Crippen LogP contribution in [-0.4, -0.2) is 180 Å². The second-order valence-corrected chi connectivity index (χ2v) is 26.7. The number of morpholine rings is 1. The monoisotopic (exact) mass is 1260 g/mol. The van der Waals surface area contributed by atoms with Gasteiger partial charge in [-0.15, -0.1) is 0 Å². The van der Waals surface area contributed by atoms with Crippen molar-refractivity contribution in [2.45, 2.75) is 155 Å². The summed E-state index contributed by atoms with van der Waals surface area (Å²) in [5.74, 6) is -7.04. The van der Waals surface area contributed by atoms with E-state index in [2.05, 4.69) is 38.0 Å². The third-order valence-corrected chi connectivity index (χ3v) is 17.4. The molecule has 4 aliphatic rings. The van der Waals surface area contributed by atoms with Crippen molar-refractivity contribution in [3.63, 3.8) is 0 Å². The number of carbonyl (C=O) groups is 8. The maximum absolute atomic E-state index is 15.2. The predicted octanol–water partition coefficient (Wildman–Crippen LogP) is 7.89. The standard InChI is InChI=1S/C67H87F3N10O11/c1-14-39(2)56(73-59(83)42(5)75(13)63(87)90-65(6,7)8)61(85)79-33-45-21-24-47(30-49(45)58(79)60(84)74-57-51(69)16-15-17-52(57)70)72-54(81)31-71-62(86)67(12)38-80(53-29-44(20-25-50(53)67)28-43-18-22-46(68)23-19-43)55(82)36-77-32-40(3)78(64(88)91-66(9,10)11)35-48(77)34-76-26-27-89-37-41(76)4/h15-25,29-30,39-42,48,56,58H,14,26-28,31-38H2,1-13H3,(H,71,86)(H,72,81)(H,73,83)(H,74,84)/t39-,40-,41+,42-,48-,56-,58-,67+/m0/s1. The Kier molecular flexibility index (Phi) is 21.3.